The fraction of sp³-hybridized carbons (Fsp3) is 0.480. The van der Waals surface area contributed by atoms with Crippen LogP contribution in [-0.4, -0.2) is 84.0 Å². The number of esters is 2. The van der Waals surface area contributed by atoms with E-state index in [1.54, 1.807) is 10.6 Å². The number of carboxylic acid groups (broad SMARTS) is 1. The van der Waals surface area contributed by atoms with Crippen molar-refractivity contribution in [3.8, 4) is 0 Å². The van der Waals surface area contributed by atoms with Gasteiger partial charge in [0.1, 0.15) is 17.4 Å². The van der Waals surface area contributed by atoms with Gasteiger partial charge >= 0.3 is 17.9 Å². The predicted octanol–water partition coefficient (Wildman–Crippen LogP) is 1.74. The van der Waals surface area contributed by atoms with Crippen LogP contribution >= 0.6 is 12.2 Å². The molecule has 0 radical (unpaired) electrons. The summed E-state index contributed by atoms with van der Waals surface area (Å²) in [6.45, 7) is 3.92. The summed E-state index contributed by atoms with van der Waals surface area (Å²) in [6.07, 6.45) is 2.18. The number of nitrogens with one attached hydrogen (secondary N) is 1. The Kier molecular flexibility index (Phi) is 9.61. The average molecular weight is 551 g/mol. The molecule has 1 atom stereocenters. The van der Waals surface area contributed by atoms with E-state index in [1.165, 1.54) is 20.4 Å². The van der Waals surface area contributed by atoms with Crippen LogP contribution in [0.1, 0.15) is 36.5 Å². The molecule has 2 N–H and O–H groups in total. The molecule has 11 nitrogen and oxygen atoms in total. The number of anilines is 1. The van der Waals surface area contributed by atoms with Gasteiger partial charge in [-0.3, -0.25) is 9.59 Å². The number of halogens is 1. The van der Waals surface area contributed by atoms with Crippen molar-refractivity contribution in [1.29, 1.82) is 0 Å². The highest BCUT2D eigenvalue weighted by molar-refractivity contribution is 7.80. The summed E-state index contributed by atoms with van der Waals surface area (Å²) in [4.78, 5) is 51.3. The Morgan fingerprint density at radius 2 is 1.84 bits per heavy atom. The van der Waals surface area contributed by atoms with Crippen LogP contribution in [0.2, 0.25) is 0 Å². The summed E-state index contributed by atoms with van der Waals surface area (Å²) in [6, 6.07) is 1.94. The second kappa shape index (κ2) is 12.7. The first-order chi connectivity index (χ1) is 18.1. The molecule has 1 fully saturated rings. The summed E-state index contributed by atoms with van der Waals surface area (Å²) in [5.41, 5.74) is -0.380. The zero-order valence-corrected chi connectivity index (χ0v) is 22.3. The van der Waals surface area contributed by atoms with Gasteiger partial charge in [-0.1, -0.05) is 0 Å². The Bertz CT molecular complexity index is 1290. The normalized spacial score (nSPS) is 14.2. The van der Waals surface area contributed by atoms with Gasteiger partial charge in [-0.2, -0.15) is 0 Å². The van der Waals surface area contributed by atoms with Crippen LogP contribution in [0.25, 0.3) is 10.9 Å². The summed E-state index contributed by atoms with van der Waals surface area (Å²) in [7, 11) is 2.58. The summed E-state index contributed by atoms with van der Waals surface area (Å²) in [5, 5.41) is 12.7. The van der Waals surface area contributed by atoms with E-state index in [9.17, 15) is 24.3 Å². The number of hydrogen-bond acceptors (Lipinski definition) is 8. The monoisotopic (exact) mass is 550 g/mol. The number of nitrogens with zero attached hydrogens (tertiary/aromatic N) is 3. The number of thiocarbonyl (C=S) groups is 1. The summed E-state index contributed by atoms with van der Waals surface area (Å²) in [5.74, 6) is -2.85. The zero-order valence-electron chi connectivity index (χ0n) is 21.5. The number of piperazine rings is 1. The first-order valence-corrected chi connectivity index (χ1v) is 12.6. The van der Waals surface area contributed by atoms with Gasteiger partial charge in [0.2, 0.25) is 5.43 Å². The zero-order chi connectivity index (χ0) is 28.0. The van der Waals surface area contributed by atoms with Gasteiger partial charge in [0, 0.05) is 50.7 Å². The predicted molar refractivity (Wildman–Crippen MR) is 142 cm³/mol. The Balaban J connectivity index is 1.71. The fourth-order valence-electron chi connectivity index (χ4n) is 4.39. The topological polar surface area (TPSA) is 130 Å². The van der Waals surface area contributed by atoms with Crippen LogP contribution in [0.4, 0.5) is 10.1 Å². The standard InChI is InChI=1S/C25H31FN4O7S/c1-4-28-14-16(23(33)34)22(32)15-12-17(26)20(13-19(15)28)29-8-10-30(11-9-29)25(38)27-18(24(35)37-3)6-5-7-21(31)36-2/h12-14,18H,4-11H2,1-3H3,(H,27,38)(H,33,34)/t18-/m0/s1. The molecule has 2 heterocycles. The van der Waals surface area contributed by atoms with E-state index in [-0.39, 0.29) is 17.8 Å². The molecular formula is C25H31FN4O7S. The van der Waals surface area contributed by atoms with Gasteiger partial charge < -0.3 is 34.3 Å². The summed E-state index contributed by atoms with van der Waals surface area (Å²) >= 11 is 5.50. The molecule has 0 spiro atoms. The number of pyridine rings is 1. The number of rotatable bonds is 9. The van der Waals surface area contributed by atoms with Gasteiger partial charge in [0.05, 0.1) is 25.4 Å². The number of aromatic nitrogens is 1. The number of hydrogen-bond donors (Lipinski definition) is 2. The second-order valence-corrected chi connectivity index (χ2v) is 9.14. The van der Waals surface area contributed by atoms with Crippen LogP contribution < -0.4 is 15.6 Å². The van der Waals surface area contributed by atoms with Crippen LogP contribution in [0, 0.1) is 5.82 Å². The first-order valence-electron chi connectivity index (χ1n) is 12.2. The van der Waals surface area contributed by atoms with Crippen LogP contribution in [0.5, 0.6) is 0 Å². The fourth-order valence-corrected chi connectivity index (χ4v) is 4.72. The van der Waals surface area contributed by atoms with Gasteiger partial charge in [-0.15, -0.1) is 0 Å². The van der Waals surface area contributed by atoms with Crippen molar-refractivity contribution in [2.24, 2.45) is 0 Å². The van der Waals surface area contributed by atoms with E-state index in [4.69, 9.17) is 17.0 Å². The molecule has 0 unspecified atom stereocenters. The quantitative estimate of drug-likeness (QED) is 0.350. The maximum Gasteiger partial charge on any atom is 0.341 e. The van der Waals surface area contributed by atoms with E-state index < -0.39 is 34.8 Å². The largest absolute Gasteiger partial charge is 0.477 e. The number of aryl methyl sites for hydroxylation is 1. The SMILES string of the molecule is CCn1cc(C(=O)O)c(=O)c2cc(F)c(N3CCN(C(=S)N[C@@H](CCCC(=O)OC)C(=O)OC)CC3)cc21. The maximum atomic E-state index is 15.1. The lowest BCUT2D eigenvalue weighted by atomic mass is 10.1. The number of carbonyl (C=O) groups excluding carboxylic acids is 2. The van der Waals surface area contributed by atoms with E-state index in [2.05, 4.69) is 10.1 Å². The van der Waals surface area contributed by atoms with Crippen LogP contribution in [0.3, 0.4) is 0 Å². The lowest BCUT2D eigenvalue weighted by Gasteiger charge is -2.38. The van der Waals surface area contributed by atoms with E-state index >= 15 is 4.39 Å². The molecule has 0 saturated carbocycles. The molecule has 1 aliphatic heterocycles. The van der Waals surface area contributed by atoms with Crippen molar-refractivity contribution in [3.05, 3.63) is 39.9 Å². The highest BCUT2D eigenvalue weighted by Crippen LogP contribution is 2.26. The average Bonchev–Trinajstić information content (AvgIpc) is 2.91. The molecule has 3 rings (SSSR count). The molecule has 38 heavy (non-hydrogen) atoms. The molecule has 13 heteroatoms. The highest BCUT2D eigenvalue weighted by Gasteiger charge is 2.26. The minimum Gasteiger partial charge on any atom is -0.477 e. The van der Waals surface area contributed by atoms with Crippen molar-refractivity contribution in [1.82, 2.24) is 14.8 Å². The molecule has 0 aliphatic carbocycles. The Hall–Kier alpha value is -3.74. The third kappa shape index (κ3) is 6.39. The van der Waals surface area contributed by atoms with Gasteiger partial charge in [0.15, 0.2) is 5.11 Å². The Labute approximate surface area is 224 Å². The highest BCUT2D eigenvalue weighted by atomic mass is 32.1. The number of ether oxygens (including phenoxy) is 2. The van der Waals surface area contributed by atoms with Crippen LogP contribution in [0.15, 0.2) is 23.1 Å². The molecule has 206 valence electrons. The molecule has 1 saturated heterocycles. The molecule has 2 aromatic rings. The van der Waals surface area contributed by atoms with Crippen molar-refractivity contribution in [2.45, 2.75) is 38.8 Å². The lowest BCUT2D eigenvalue weighted by molar-refractivity contribution is -0.144. The number of benzene rings is 1. The van der Waals surface area contributed by atoms with Gasteiger partial charge in [-0.25, -0.2) is 14.0 Å². The van der Waals surface area contributed by atoms with E-state index in [0.29, 0.717) is 61.9 Å². The second-order valence-electron chi connectivity index (χ2n) is 8.75. The Morgan fingerprint density at radius 3 is 2.42 bits per heavy atom. The Morgan fingerprint density at radius 1 is 1.16 bits per heavy atom. The first kappa shape index (κ1) is 28.8. The number of carbonyl (C=O) groups is 3. The number of fused-ring (bicyclic) bond motifs is 1. The van der Waals surface area contributed by atoms with Crippen LogP contribution in [-0.2, 0) is 25.6 Å². The van der Waals surface area contributed by atoms with E-state index in [0.717, 1.165) is 6.07 Å². The molecule has 1 aromatic carbocycles. The molecule has 0 bridgehead atoms. The van der Waals surface area contributed by atoms with Crippen molar-refractivity contribution in [2.75, 3.05) is 45.3 Å². The lowest BCUT2D eigenvalue weighted by Crippen LogP contribution is -2.54. The minimum absolute atomic E-state index is 0.0121. The van der Waals surface area contributed by atoms with Crippen molar-refractivity contribution in [3.63, 3.8) is 0 Å². The smallest absolute Gasteiger partial charge is 0.341 e. The molecule has 1 aromatic heterocycles. The number of aromatic carboxylic acids is 1. The molecule has 1 aliphatic rings. The van der Waals surface area contributed by atoms with Crippen molar-refractivity contribution < 1.29 is 33.4 Å². The summed E-state index contributed by atoms with van der Waals surface area (Å²) < 4.78 is 26.2. The number of carboxylic acids is 1. The third-order valence-electron chi connectivity index (χ3n) is 6.51. The molecule has 0 amide bonds. The number of methoxy groups -OCH3 is 2. The van der Waals surface area contributed by atoms with E-state index in [1.807, 2.05) is 16.7 Å². The minimum atomic E-state index is -1.36. The van der Waals surface area contributed by atoms with Gasteiger partial charge in [0.25, 0.3) is 0 Å². The maximum absolute atomic E-state index is 15.1. The van der Waals surface area contributed by atoms with Crippen molar-refractivity contribution >= 4 is 51.8 Å². The molecular weight excluding hydrogens is 519 g/mol. The van der Waals surface area contributed by atoms with Gasteiger partial charge in [-0.05, 0) is 44.1 Å². The third-order valence-corrected chi connectivity index (χ3v) is 6.89.